The number of ether oxygens (including phenoxy) is 1. The highest BCUT2D eigenvalue weighted by atomic mass is 16.5. The Bertz CT molecular complexity index is 687. The van der Waals surface area contributed by atoms with Crippen molar-refractivity contribution in [3.05, 3.63) is 65.2 Å². The van der Waals surface area contributed by atoms with E-state index in [-0.39, 0.29) is 12.0 Å². The predicted octanol–water partition coefficient (Wildman–Crippen LogP) is 2.94. The predicted molar refractivity (Wildman–Crippen MR) is 99.7 cm³/mol. The lowest BCUT2D eigenvalue weighted by atomic mass is 10.1. The summed E-state index contributed by atoms with van der Waals surface area (Å²) in [6.07, 6.45) is 1.63. The molecule has 0 aliphatic carbocycles. The largest absolute Gasteiger partial charge is 0.488 e. The molecule has 0 saturated carbocycles. The van der Waals surface area contributed by atoms with Crippen LogP contribution in [0, 0.1) is 6.92 Å². The van der Waals surface area contributed by atoms with Gasteiger partial charge >= 0.3 is 0 Å². The number of carbonyl (C=O) groups excluding carboxylic acids is 1. The number of nitrogens with one attached hydrogen (secondary N) is 1. The van der Waals surface area contributed by atoms with E-state index < -0.39 is 0 Å². The van der Waals surface area contributed by atoms with Gasteiger partial charge in [0.15, 0.2) is 0 Å². The van der Waals surface area contributed by atoms with E-state index in [0.717, 1.165) is 30.8 Å². The molecule has 1 aliphatic heterocycles. The summed E-state index contributed by atoms with van der Waals surface area (Å²) in [7, 11) is 2.04. The number of rotatable bonds is 7. The summed E-state index contributed by atoms with van der Waals surface area (Å²) < 4.78 is 5.96. The number of nitrogens with zero attached hydrogens (tertiary/aromatic N) is 1. The van der Waals surface area contributed by atoms with E-state index in [1.54, 1.807) is 0 Å². The van der Waals surface area contributed by atoms with E-state index >= 15 is 0 Å². The highest BCUT2D eigenvalue weighted by molar-refractivity contribution is 5.76. The molecule has 4 nitrogen and oxygen atoms in total. The third-order valence-corrected chi connectivity index (χ3v) is 4.56. The molecule has 25 heavy (non-hydrogen) atoms. The van der Waals surface area contributed by atoms with Crippen molar-refractivity contribution in [3.8, 4) is 5.75 Å². The summed E-state index contributed by atoms with van der Waals surface area (Å²) in [6, 6.07) is 16.4. The first-order valence-electron chi connectivity index (χ1n) is 8.85. The van der Waals surface area contributed by atoms with Crippen LogP contribution in [0.1, 0.15) is 23.1 Å². The number of aryl methyl sites for hydroxylation is 1. The number of para-hydroxylation sites is 1. The van der Waals surface area contributed by atoms with Crippen LogP contribution in [0.15, 0.2) is 48.5 Å². The van der Waals surface area contributed by atoms with Crippen molar-refractivity contribution in [1.29, 1.82) is 0 Å². The molecule has 3 rings (SSSR count). The van der Waals surface area contributed by atoms with Crippen molar-refractivity contribution >= 4 is 5.91 Å². The zero-order chi connectivity index (χ0) is 17.6. The van der Waals surface area contributed by atoms with Gasteiger partial charge in [0.2, 0.25) is 5.91 Å². The standard InChI is InChI=1S/C21H26N2O2/c1-16-7-9-17(10-8-16)14-22-21(24)11-12-23(2)15-19-13-18-5-3-4-6-20(18)25-19/h3-10,19H,11-15H2,1-2H3,(H,22,24)/t19-/m1/s1. The van der Waals surface area contributed by atoms with Gasteiger partial charge in [-0.25, -0.2) is 0 Å². The zero-order valence-electron chi connectivity index (χ0n) is 15.0. The zero-order valence-corrected chi connectivity index (χ0v) is 15.0. The molecule has 0 saturated heterocycles. The second-order valence-corrected chi connectivity index (χ2v) is 6.83. The van der Waals surface area contributed by atoms with Crippen LogP contribution < -0.4 is 10.1 Å². The van der Waals surface area contributed by atoms with Gasteiger partial charge in [0.05, 0.1) is 0 Å². The van der Waals surface area contributed by atoms with Gasteiger partial charge in [0, 0.05) is 32.5 Å². The highest BCUT2D eigenvalue weighted by Gasteiger charge is 2.23. The normalized spacial score (nSPS) is 15.7. The fourth-order valence-electron chi connectivity index (χ4n) is 3.08. The topological polar surface area (TPSA) is 41.6 Å². The van der Waals surface area contributed by atoms with Crippen LogP contribution in [-0.4, -0.2) is 37.0 Å². The van der Waals surface area contributed by atoms with Crippen LogP contribution in [0.25, 0.3) is 0 Å². The minimum Gasteiger partial charge on any atom is -0.488 e. The monoisotopic (exact) mass is 338 g/mol. The van der Waals surface area contributed by atoms with Gasteiger partial charge in [-0.15, -0.1) is 0 Å². The summed E-state index contributed by atoms with van der Waals surface area (Å²) in [5.41, 5.74) is 3.63. The molecular formula is C21H26N2O2. The Morgan fingerprint density at radius 2 is 1.96 bits per heavy atom. The number of hydrogen-bond acceptors (Lipinski definition) is 3. The minimum absolute atomic E-state index is 0.0862. The van der Waals surface area contributed by atoms with E-state index in [4.69, 9.17) is 4.74 Å². The first-order valence-corrected chi connectivity index (χ1v) is 8.85. The van der Waals surface area contributed by atoms with Crippen LogP contribution in [0.2, 0.25) is 0 Å². The molecule has 1 aliphatic rings. The van der Waals surface area contributed by atoms with Crippen molar-refractivity contribution < 1.29 is 9.53 Å². The molecule has 0 aromatic heterocycles. The van der Waals surface area contributed by atoms with Gasteiger partial charge in [-0.3, -0.25) is 4.79 Å². The van der Waals surface area contributed by atoms with Crippen molar-refractivity contribution in [2.45, 2.75) is 32.4 Å². The van der Waals surface area contributed by atoms with Crippen LogP contribution in [0.3, 0.4) is 0 Å². The van der Waals surface area contributed by atoms with E-state index in [0.29, 0.717) is 13.0 Å². The van der Waals surface area contributed by atoms with E-state index in [1.165, 1.54) is 11.1 Å². The Labute approximate surface area is 149 Å². The summed E-state index contributed by atoms with van der Waals surface area (Å²) in [5.74, 6) is 1.08. The van der Waals surface area contributed by atoms with Gasteiger partial charge < -0.3 is 15.0 Å². The summed E-state index contributed by atoms with van der Waals surface area (Å²) >= 11 is 0. The highest BCUT2D eigenvalue weighted by Crippen LogP contribution is 2.28. The minimum atomic E-state index is 0.0862. The van der Waals surface area contributed by atoms with Crippen molar-refractivity contribution in [1.82, 2.24) is 10.2 Å². The lowest BCUT2D eigenvalue weighted by Gasteiger charge is -2.20. The number of carbonyl (C=O) groups is 1. The third-order valence-electron chi connectivity index (χ3n) is 4.56. The maximum atomic E-state index is 12.0. The molecule has 1 heterocycles. The fourth-order valence-corrected chi connectivity index (χ4v) is 3.08. The summed E-state index contributed by atoms with van der Waals surface area (Å²) in [4.78, 5) is 14.2. The molecule has 1 amide bonds. The van der Waals surface area contributed by atoms with Crippen molar-refractivity contribution in [2.75, 3.05) is 20.1 Å². The third kappa shape index (κ3) is 5.07. The van der Waals surface area contributed by atoms with Crippen molar-refractivity contribution in [2.24, 2.45) is 0 Å². The number of benzene rings is 2. The van der Waals surface area contributed by atoms with Crippen LogP contribution >= 0.6 is 0 Å². The number of fused-ring (bicyclic) bond motifs is 1. The first kappa shape index (κ1) is 17.5. The van der Waals surface area contributed by atoms with Crippen LogP contribution in [0.4, 0.5) is 0 Å². The smallest absolute Gasteiger partial charge is 0.221 e. The Morgan fingerprint density at radius 1 is 1.20 bits per heavy atom. The van der Waals surface area contributed by atoms with Gasteiger partial charge in [-0.2, -0.15) is 0 Å². The van der Waals surface area contributed by atoms with Gasteiger partial charge in [-0.1, -0.05) is 48.0 Å². The number of amides is 1. The van der Waals surface area contributed by atoms with Crippen LogP contribution in [0.5, 0.6) is 5.75 Å². The van der Waals surface area contributed by atoms with Gasteiger partial charge in [-0.05, 0) is 31.2 Å². The Morgan fingerprint density at radius 3 is 2.72 bits per heavy atom. The Balaban J connectivity index is 1.35. The second-order valence-electron chi connectivity index (χ2n) is 6.83. The molecule has 2 aromatic carbocycles. The number of hydrogen-bond donors (Lipinski definition) is 1. The SMILES string of the molecule is Cc1ccc(CNC(=O)CCN(C)C[C@H]2Cc3ccccc3O2)cc1. The van der Waals surface area contributed by atoms with Crippen LogP contribution in [-0.2, 0) is 17.8 Å². The van der Waals surface area contributed by atoms with E-state index in [2.05, 4.69) is 47.5 Å². The van der Waals surface area contributed by atoms with Gasteiger partial charge in [0.1, 0.15) is 11.9 Å². The average Bonchev–Trinajstić information content (AvgIpc) is 3.01. The Hall–Kier alpha value is -2.33. The maximum absolute atomic E-state index is 12.0. The molecule has 4 heteroatoms. The van der Waals surface area contributed by atoms with E-state index in [9.17, 15) is 4.79 Å². The molecule has 0 unspecified atom stereocenters. The first-order chi connectivity index (χ1) is 12.1. The summed E-state index contributed by atoms with van der Waals surface area (Å²) in [5, 5.41) is 2.98. The quantitative estimate of drug-likeness (QED) is 0.844. The Kier molecular flexibility index (Phi) is 5.71. The van der Waals surface area contributed by atoms with Gasteiger partial charge in [0.25, 0.3) is 0 Å². The average molecular weight is 338 g/mol. The molecule has 0 fully saturated rings. The molecule has 1 N–H and O–H groups in total. The fraction of sp³-hybridized carbons (Fsp3) is 0.381. The molecule has 2 aromatic rings. The summed E-state index contributed by atoms with van der Waals surface area (Å²) in [6.45, 7) is 4.21. The second kappa shape index (κ2) is 8.17. The lowest BCUT2D eigenvalue weighted by molar-refractivity contribution is -0.121. The lowest BCUT2D eigenvalue weighted by Crippen LogP contribution is -2.35. The van der Waals surface area contributed by atoms with Crippen molar-refractivity contribution in [3.63, 3.8) is 0 Å². The molecule has 1 atom stereocenters. The molecule has 0 bridgehead atoms. The maximum Gasteiger partial charge on any atom is 0.221 e. The molecule has 0 spiro atoms. The molecular weight excluding hydrogens is 312 g/mol. The molecule has 132 valence electrons. The molecule has 0 radical (unpaired) electrons. The number of likely N-dealkylation sites (N-methyl/N-ethyl adjacent to an activating group) is 1. The van der Waals surface area contributed by atoms with E-state index in [1.807, 2.05) is 25.2 Å².